The third-order valence-corrected chi connectivity index (χ3v) is 5.38. The van der Waals surface area contributed by atoms with Crippen LogP contribution in [0.3, 0.4) is 0 Å². The predicted molar refractivity (Wildman–Crippen MR) is 89.2 cm³/mol. The normalized spacial score (nSPS) is 12.2. The molecule has 1 amide bonds. The van der Waals surface area contributed by atoms with Crippen LogP contribution < -0.4 is 5.32 Å². The van der Waals surface area contributed by atoms with Crippen LogP contribution in [0, 0.1) is 0 Å². The van der Waals surface area contributed by atoms with Crippen LogP contribution in [0.5, 0.6) is 0 Å². The average molecular weight is 393 g/mol. The van der Waals surface area contributed by atoms with Gasteiger partial charge in [-0.2, -0.15) is 0 Å². The number of hydrogen-bond acceptors (Lipinski definition) is 2. The van der Waals surface area contributed by atoms with E-state index in [1.165, 1.54) is 11.3 Å². The highest BCUT2D eigenvalue weighted by atomic mass is 79.9. The number of benzene rings is 1. The van der Waals surface area contributed by atoms with Gasteiger partial charge in [-0.3, -0.25) is 4.79 Å². The molecule has 1 aromatic heterocycles. The molecule has 6 heteroatoms. The van der Waals surface area contributed by atoms with E-state index in [2.05, 4.69) is 21.2 Å². The van der Waals surface area contributed by atoms with Gasteiger partial charge in [-0.15, -0.1) is 11.3 Å². The van der Waals surface area contributed by atoms with Crippen molar-refractivity contribution in [2.75, 3.05) is 6.54 Å². The minimum absolute atomic E-state index is 0.0406. The van der Waals surface area contributed by atoms with E-state index in [0.717, 1.165) is 10.0 Å². The first kappa shape index (κ1) is 15.8. The zero-order valence-corrected chi connectivity index (χ0v) is 14.5. The molecule has 0 radical (unpaired) electrons. The molecule has 1 aromatic carbocycles. The van der Waals surface area contributed by atoms with Crippen molar-refractivity contribution < 1.29 is 4.79 Å². The molecule has 0 saturated carbocycles. The van der Waals surface area contributed by atoms with Crippen molar-refractivity contribution in [2.24, 2.45) is 0 Å². The Balaban J connectivity index is 2.04. The Morgan fingerprint density at radius 2 is 2.00 bits per heavy atom. The van der Waals surface area contributed by atoms with E-state index in [1.54, 1.807) is 12.1 Å². The Morgan fingerprint density at radius 1 is 1.35 bits per heavy atom. The van der Waals surface area contributed by atoms with Gasteiger partial charge in [0.25, 0.3) is 5.91 Å². The standard InChI is InChI=1S/C14H12BrCl2NOS/c1-8(12-10(16)3-2-4-11(12)17)7-18-14(19)13-9(15)5-6-20-13/h2-6,8H,7H2,1H3,(H,18,19). The molecule has 1 atom stereocenters. The zero-order valence-electron chi connectivity index (χ0n) is 10.6. The molecule has 0 saturated heterocycles. The summed E-state index contributed by atoms with van der Waals surface area (Å²) >= 11 is 17.1. The Kier molecular flexibility index (Phi) is 5.49. The van der Waals surface area contributed by atoms with E-state index in [-0.39, 0.29) is 11.8 Å². The Labute approximate surface area is 140 Å². The van der Waals surface area contributed by atoms with Crippen LogP contribution in [0.1, 0.15) is 28.1 Å². The first-order valence-corrected chi connectivity index (χ1v) is 8.38. The van der Waals surface area contributed by atoms with Gasteiger partial charge >= 0.3 is 0 Å². The number of hydrogen-bond donors (Lipinski definition) is 1. The monoisotopic (exact) mass is 391 g/mol. The molecule has 0 fully saturated rings. The summed E-state index contributed by atoms with van der Waals surface area (Å²) in [5, 5.41) is 6.01. The molecule has 0 bridgehead atoms. The molecular formula is C14H12BrCl2NOS. The average Bonchev–Trinajstić information content (AvgIpc) is 2.82. The van der Waals surface area contributed by atoms with Gasteiger partial charge in [-0.1, -0.05) is 36.2 Å². The Bertz CT molecular complexity index is 609. The SMILES string of the molecule is CC(CNC(=O)c1sccc1Br)c1c(Cl)cccc1Cl. The van der Waals surface area contributed by atoms with Crippen molar-refractivity contribution in [3.05, 3.63) is 54.6 Å². The minimum Gasteiger partial charge on any atom is -0.351 e. The fraction of sp³-hybridized carbons (Fsp3) is 0.214. The molecule has 20 heavy (non-hydrogen) atoms. The van der Waals surface area contributed by atoms with E-state index in [9.17, 15) is 4.79 Å². The van der Waals surface area contributed by atoms with Crippen LogP contribution in [0.2, 0.25) is 10.0 Å². The number of rotatable bonds is 4. The number of carbonyl (C=O) groups is 1. The number of amides is 1. The number of halogens is 3. The van der Waals surface area contributed by atoms with E-state index in [4.69, 9.17) is 23.2 Å². The summed E-state index contributed by atoms with van der Waals surface area (Å²) in [6.07, 6.45) is 0. The maximum absolute atomic E-state index is 12.0. The molecule has 0 aliphatic rings. The van der Waals surface area contributed by atoms with Crippen molar-refractivity contribution in [3.8, 4) is 0 Å². The van der Waals surface area contributed by atoms with Gasteiger partial charge in [0.2, 0.25) is 0 Å². The third-order valence-electron chi connectivity index (χ3n) is 2.88. The second-order valence-electron chi connectivity index (χ2n) is 4.34. The zero-order chi connectivity index (χ0) is 14.7. The largest absolute Gasteiger partial charge is 0.351 e. The highest BCUT2D eigenvalue weighted by Crippen LogP contribution is 2.31. The van der Waals surface area contributed by atoms with Crippen LogP contribution >= 0.6 is 50.5 Å². The maximum atomic E-state index is 12.0. The van der Waals surface area contributed by atoms with Gasteiger partial charge in [-0.05, 0) is 45.1 Å². The van der Waals surface area contributed by atoms with Crippen LogP contribution in [0.4, 0.5) is 0 Å². The molecular weight excluding hydrogens is 381 g/mol. The summed E-state index contributed by atoms with van der Waals surface area (Å²) in [6, 6.07) is 7.27. The summed E-state index contributed by atoms with van der Waals surface area (Å²) in [6.45, 7) is 2.46. The first-order valence-electron chi connectivity index (χ1n) is 5.95. The summed E-state index contributed by atoms with van der Waals surface area (Å²) < 4.78 is 0.809. The van der Waals surface area contributed by atoms with Crippen molar-refractivity contribution in [3.63, 3.8) is 0 Å². The van der Waals surface area contributed by atoms with E-state index in [0.29, 0.717) is 21.5 Å². The molecule has 1 unspecified atom stereocenters. The van der Waals surface area contributed by atoms with Gasteiger partial charge in [-0.25, -0.2) is 0 Å². The fourth-order valence-corrected chi connectivity index (χ4v) is 4.10. The Morgan fingerprint density at radius 3 is 2.55 bits per heavy atom. The highest BCUT2D eigenvalue weighted by Gasteiger charge is 2.16. The molecule has 2 rings (SSSR count). The van der Waals surface area contributed by atoms with Crippen LogP contribution in [0.25, 0.3) is 0 Å². The predicted octanol–water partition coefficient (Wildman–Crippen LogP) is 5.35. The van der Waals surface area contributed by atoms with E-state index < -0.39 is 0 Å². The lowest BCUT2D eigenvalue weighted by Crippen LogP contribution is -2.27. The Hall–Kier alpha value is -0.550. The van der Waals surface area contributed by atoms with Crippen LogP contribution in [0.15, 0.2) is 34.1 Å². The molecule has 2 aromatic rings. The van der Waals surface area contributed by atoms with Gasteiger partial charge < -0.3 is 5.32 Å². The summed E-state index contributed by atoms with van der Waals surface area (Å²) in [5.41, 5.74) is 0.862. The van der Waals surface area contributed by atoms with Gasteiger partial charge in [0.1, 0.15) is 4.88 Å². The first-order chi connectivity index (χ1) is 9.50. The lowest BCUT2D eigenvalue weighted by atomic mass is 10.0. The van der Waals surface area contributed by atoms with Crippen molar-refractivity contribution in [2.45, 2.75) is 12.8 Å². The quantitative estimate of drug-likeness (QED) is 0.746. The van der Waals surface area contributed by atoms with Gasteiger partial charge in [0.05, 0.1) is 0 Å². The second-order valence-corrected chi connectivity index (χ2v) is 6.93. The smallest absolute Gasteiger partial charge is 0.262 e. The highest BCUT2D eigenvalue weighted by molar-refractivity contribution is 9.10. The van der Waals surface area contributed by atoms with Crippen molar-refractivity contribution in [1.82, 2.24) is 5.32 Å². The molecule has 0 aliphatic heterocycles. The second kappa shape index (κ2) is 6.94. The summed E-state index contributed by atoms with van der Waals surface area (Å²) in [5.74, 6) is -0.0548. The van der Waals surface area contributed by atoms with Crippen LogP contribution in [-0.4, -0.2) is 12.5 Å². The van der Waals surface area contributed by atoms with Crippen molar-refractivity contribution in [1.29, 1.82) is 0 Å². The van der Waals surface area contributed by atoms with Crippen LogP contribution in [-0.2, 0) is 0 Å². The van der Waals surface area contributed by atoms with Gasteiger partial charge in [0, 0.05) is 27.0 Å². The molecule has 1 N–H and O–H groups in total. The number of nitrogens with one attached hydrogen (secondary N) is 1. The molecule has 2 nitrogen and oxygen atoms in total. The summed E-state index contributed by atoms with van der Waals surface area (Å²) in [4.78, 5) is 12.7. The maximum Gasteiger partial charge on any atom is 0.262 e. The third kappa shape index (κ3) is 3.55. The number of carbonyl (C=O) groups excluding carboxylic acids is 1. The molecule has 0 aliphatic carbocycles. The molecule has 106 valence electrons. The molecule has 0 spiro atoms. The lowest BCUT2D eigenvalue weighted by molar-refractivity contribution is 0.0955. The molecule has 1 heterocycles. The number of thiophene rings is 1. The lowest BCUT2D eigenvalue weighted by Gasteiger charge is -2.16. The van der Waals surface area contributed by atoms with E-state index in [1.807, 2.05) is 24.4 Å². The van der Waals surface area contributed by atoms with Crippen molar-refractivity contribution >= 4 is 56.4 Å². The van der Waals surface area contributed by atoms with Gasteiger partial charge in [0.15, 0.2) is 0 Å². The fourth-order valence-electron chi connectivity index (χ4n) is 1.87. The minimum atomic E-state index is -0.0955. The summed E-state index contributed by atoms with van der Waals surface area (Å²) in [7, 11) is 0. The topological polar surface area (TPSA) is 29.1 Å². The van der Waals surface area contributed by atoms with E-state index >= 15 is 0 Å².